The van der Waals surface area contributed by atoms with Crippen LogP contribution in [-0.2, 0) is 13.1 Å². The molecule has 1 aromatic heterocycles. The van der Waals surface area contributed by atoms with Crippen molar-refractivity contribution in [1.82, 2.24) is 4.57 Å². The van der Waals surface area contributed by atoms with E-state index in [1.807, 2.05) is 44.2 Å². The molecular weight excluding hydrogens is 328 g/mol. The number of aromatic nitrogens is 1. The van der Waals surface area contributed by atoms with Gasteiger partial charge in [0.1, 0.15) is 0 Å². The van der Waals surface area contributed by atoms with Crippen LogP contribution in [0.4, 0.5) is 0 Å². The number of hydrogen-bond donors (Lipinski definition) is 2. The summed E-state index contributed by atoms with van der Waals surface area (Å²) in [7, 11) is 0. The Kier molecular flexibility index (Phi) is 4.91. The third kappa shape index (κ3) is 3.13. The molecule has 5 nitrogen and oxygen atoms in total. The van der Waals surface area contributed by atoms with E-state index >= 15 is 0 Å². The summed E-state index contributed by atoms with van der Waals surface area (Å²) in [6, 6.07) is 14.3. The minimum atomic E-state index is -1.02. The highest BCUT2D eigenvalue weighted by atomic mass is 16.4. The molecule has 0 fully saturated rings. The quantitative estimate of drug-likeness (QED) is 0.738. The molecule has 0 aliphatic carbocycles. The molecule has 0 saturated carbocycles. The molecule has 0 bridgehead atoms. The van der Waals surface area contributed by atoms with Gasteiger partial charge in [-0.05, 0) is 35.1 Å². The highest BCUT2D eigenvalue weighted by molar-refractivity contribution is 6.01. The van der Waals surface area contributed by atoms with Crippen molar-refractivity contribution in [3.05, 3.63) is 70.1 Å². The van der Waals surface area contributed by atoms with Crippen LogP contribution in [0.15, 0.2) is 53.3 Å². The predicted octanol–water partition coefficient (Wildman–Crippen LogP) is 3.48. The van der Waals surface area contributed by atoms with E-state index in [0.29, 0.717) is 17.3 Å². The standard InChI is InChI=1S/C21H22N2O3/c1-13(2)12-23-18(11-22)19(14-6-4-3-5-7-14)17-10-15(21(25)26)8-9-16(17)20(23)24/h3-10,13H,11-12,22H2,1-2H3,(H,25,26). The van der Waals surface area contributed by atoms with E-state index in [-0.39, 0.29) is 23.6 Å². The molecular formula is C21H22N2O3. The van der Waals surface area contributed by atoms with Gasteiger partial charge in [-0.3, -0.25) is 4.79 Å². The largest absolute Gasteiger partial charge is 0.478 e. The second-order valence-corrected chi connectivity index (χ2v) is 6.77. The predicted molar refractivity (Wildman–Crippen MR) is 103 cm³/mol. The fourth-order valence-corrected chi connectivity index (χ4v) is 3.33. The summed E-state index contributed by atoms with van der Waals surface area (Å²) in [5.41, 5.74) is 8.53. The van der Waals surface area contributed by atoms with Gasteiger partial charge in [0.25, 0.3) is 5.56 Å². The summed E-state index contributed by atoms with van der Waals surface area (Å²) in [5.74, 6) is -0.746. The fourth-order valence-electron chi connectivity index (χ4n) is 3.33. The summed E-state index contributed by atoms with van der Waals surface area (Å²) < 4.78 is 1.73. The van der Waals surface area contributed by atoms with Crippen LogP contribution in [0.5, 0.6) is 0 Å². The maximum absolute atomic E-state index is 13.1. The molecule has 3 aromatic rings. The fraction of sp³-hybridized carbons (Fsp3) is 0.238. The van der Waals surface area contributed by atoms with Crippen LogP contribution >= 0.6 is 0 Å². The van der Waals surface area contributed by atoms with Crippen molar-refractivity contribution in [3.63, 3.8) is 0 Å². The number of pyridine rings is 1. The number of rotatable bonds is 5. The van der Waals surface area contributed by atoms with Gasteiger partial charge in [0.15, 0.2) is 0 Å². The Morgan fingerprint density at radius 3 is 2.38 bits per heavy atom. The van der Waals surface area contributed by atoms with Crippen LogP contribution in [0.2, 0.25) is 0 Å². The van der Waals surface area contributed by atoms with Crippen molar-refractivity contribution in [2.45, 2.75) is 26.9 Å². The van der Waals surface area contributed by atoms with Crippen LogP contribution < -0.4 is 11.3 Å². The van der Waals surface area contributed by atoms with Crippen LogP contribution in [0.3, 0.4) is 0 Å². The summed E-state index contributed by atoms with van der Waals surface area (Å²) in [6.45, 7) is 4.85. The Hall–Kier alpha value is -2.92. The first-order valence-electron chi connectivity index (χ1n) is 8.62. The average Bonchev–Trinajstić information content (AvgIpc) is 2.63. The zero-order valence-electron chi connectivity index (χ0n) is 14.9. The zero-order valence-corrected chi connectivity index (χ0v) is 14.9. The average molecular weight is 350 g/mol. The number of carboxylic acids is 1. The maximum atomic E-state index is 13.1. The molecule has 1 heterocycles. The molecule has 0 spiro atoms. The monoisotopic (exact) mass is 350 g/mol. The minimum absolute atomic E-state index is 0.134. The molecule has 5 heteroatoms. The third-order valence-electron chi connectivity index (χ3n) is 4.43. The van der Waals surface area contributed by atoms with Crippen LogP contribution in [0, 0.1) is 5.92 Å². The number of carbonyl (C=O) groups is 1. The lowest BCUT2D eigenvalue weighted by Crippen LogP contribution is -2.28. The second-order valence-electron chi connectivity index (χ2n) is 6.77. The van der Waals surface area contributed by atoms with Crippen LogP contribution in [0.25, 0.3) is 21.9 Å². The van der Waals surface area contributed by atoms with E-state index < -0.39 is 5.97 Å². The third-order valence-corrected chi connectivity index (χ3v) is 4.43. The first-order chi connectivity index (χ1) is 12.4. The van der Waals surface area contributed by atoms with Gasteiger partial charge < -0.3 is 15.4 Å². The Balaban J connectivity index is 2.49. The van der Waals surface area contributed by atoms with Crippen molar-refractivity contribution in [1.29, 1.82) is 0 Å². The van der Waals surface area contributed by atoms with E-state index in [1.165, 1.54) is 6.07 Å². The van der Waals surface area contributed by atoms with Gasteiger partial charge in [-0.2, -0.15) is 0 Å². The van der Waals surface area contributed by atoms with Crippen molar-refractivity contribution in [3.8, 4) is 11.1 Å². The summed E-state index contributed by atoms with van der Waals surface area (Å²) >= 11 is 0. The second kappa shape index (κ2) is 7.14. The Labute approximate surface area is 151 Å². The molecule has 2 aromatic carbocycles. The Morgan fingerprint density at radius 1 is 1.12 bits per heavy atom. The molecule has 0 atom stereocenters. The van der Waals surface area contributed by atoms with Crippen molar-refractivity contribution < 1.29 is 9.90 Å². The van der Waals surface area contributed by atoms with Crippen molar-refractivity contribution >= 4 is 16.7 Å². The molecule has 0 radical (unpaired) electrons. The molecule has 134 valence electrons. The first kappa shape index (κ1) is 17.9. The summed E-state index contributed by atoms with van der Waals surface area (Å²) in [5, 5.41) is 10.5. The number of hydrogen-bond acceptors (Lipinski definition) is 3. The molecule has 0 saturated heterocycles. The highest BCUT2D eigenvalue weighted by Crippen LogP contribution is 2.31. The molecule has 0 unspecified atom stereocenters. The van der Waals surface area contributed by atoms with Gasteiger partial charge in [-0.25, -0.2) is 4.79 Å². The molecule has 3 N–H and O–H groups in total. The molecule has 0 aliphatic rings. The number of benzene rings is 2. The number of nitrogens with two attached hydrogens (primary N) is 1. The van der Waals surface area contributed by atoms with E-state index in [4.69, 9.17) is 5.73 Å². The van der Waals surface area contributed by atoms with Crippen molar-refractivity contribution in [2.75, 3.05) is 0 Å². The zero-order chi connectivity index (χ0) is 18.8. The number of fused-ring (bicyclic) bond motifs is 1. The lowest BCUT2D eigenvalue weighted by atomic mass is 9.95. The summed E-state index contributed by atoms with van der Waals surface area (Å²) in [4.78, 5) is 24.5. The summed E-state index contributed by atoms with van der Waals surface area (Å²) in [6.07, 6.45) is 0. The smallest absolute Gasteiger partial charge is 0.335 e. The van der Waals surface area contributed by atoms with E-state index in [0.717, 1.165) is 16.8 Å². The molecule has 0 amide bonds. The van der Waals surface area contributed by atoms with Gasteiger partial charge in [0, 0.05) is 29.7 Å². The van der Waals surface area contributed by atoms with Gasteiger partial charge in [0.2, 0.25) is 0 Å². The van der Waals surface area contributed by atoms with Gasteiger partial charge in [-0.15, -0.1) is 0 Å². The van der Waals surface area contributed by atoms with Crippen LogP contribution in [-0.4, -0.2) is 15.6 Å². The molecule has 0 aliphatic heterocycles. The Morgan fingerprint density at radius 2 is 1.81 bits per heavy atom. The molecule has 26 heavy (non-hydrogen) atoms. The van der Waals surface area contributed by atoms with Gasteiger partial charge >= 0.3 is 5.97 Å². The number of carboxylic acid groups (broad SMARTS) is 1. The SMILES string of the molecule is CC(C)Cn1c(CN)c(-c2ccccc2)c2cc(C(=O)O)ccc2c1=O. The topological polar surface area (TPSA) is 85.3 Å². The highest BCUT2D eigenvalue weighted by Gasteiger charge is 2.19. The lowest BCUT2D eigenvalue weighted by Gasteiger charge is -2.20. The van der Waals surface area contributed by atoms with E-state index in [9.17, 15) is 14.7 Å². The number of aromatic carboxylic acids is 1. The maximum Gasteiger partial charge on any atom is 0.335 e. The normalized spacial score (nSPS) is 11.2. The Bertz CT molecular complexity index is 1020. The van der Waals surface area contributed by atoms with E-state index in [1.54, 1.807) is 16.7 Å². The molecule has 3 rings (SSSR count). The van der Waals surface area contributed by atoms with Gasteiger partial charge in [-0.1, -0.05) is 44.2 Å². The van der Waals surface area contributed by atoms with Crippen LogP contribution in [0.1, 0.15) is 29.9 Å². The lowest BCUT2D eigenvalue weighted by molar-refractivity contribution is 0.0697. The van der Waals surface area contributed by atoms with Crippen molar-refractivity contribution in [2.24, 2.45) is 11.7 Å². The van der Waals surface area contributed by atoms with Gasteiger partial charge in [0.05, 0.1) is 5.56 Å². The number of nitrogens with zero attached hydrogens (tertiary/aromatic N) is 1. The first-order valence-corrected chi connectivity index (χ1v) is 8.62. The minimum Gasteiger partial charge on any atom is -0.478 e. The van der Waals surface area contributed by atoms with E-state index in [2.05, 4.69) is 0 Å².